The van der Waals surface area contributed by atoms with Crippen LogP contribution in [0, 0.1) is 5.92 Å². The number of hydrogen-bond acceptors (Lipinski definition) is 3. The van der Waals surface area contributed by atoms with Gasteiger partial charge in [-0.05, 0) is 30.9 Å². The maximum Gasteiger partial charge on any atom is 0.151 e. The Bertz CT molecular complexity index is 278. The fourth-order valence-electron chi connectivity index (χ4n) is 1.86. The highest BCUT2D eigenvalue weighted by Gasteiger charge is 2.19. The number of halogens is 1. The van der Waals surface area contributed by atoms with Gasteiger partial charge in [-0.3, -0.25) is 0 Å². The first kappa shape index (κ1) is 9.90. The van der Waals surface area contributed by atoms with Crippen molar-refractivity contribution >= 4 is 21.7 Å². The summed E-state index contributed by atoms with van der Waals surface area (Å²) in [7, 11) is 0. The van der Waals surface area contributed by atoms with Crippen molar-refractivity contribution in [1.29, 1.82) is 0 Å². The fraction of sp³-hybridized carbons (Fsp3) is 0.600. The van der Waals surface area contributed by atoms with Crippen LogP contribution in [-0.2, 0) is 0 Å². The van der Waals surface area contributed by atoms with Gasteiger partial charge >= 0.3 is 0 Å². The molecule has 1 aromatic heterocycles. The standard InChI is InChI=1S/C10H14BrN3/c11-7-9-3-2-6-14(8-9)10-4-1-5-12-13-10/h1,4-5,9H,2-3,6-8H2. The van der Waals surface area contributed by atoms with Crippen LogP contribution in [0.25, 0.3) is 0 Å². The van der Waals surface area contributed by atoms with Crippen LogP contribution < -0.4 is 4.90 Å². The normalized spacial score (nSPS) is 22.4. The molecule has 0 saturated carbocycles. The number of piperidine rings is 1. The molecule has 1 fully saturated rings. The summed E-state index contributed by atoms with van der Waals surface area (Å²) in [5.41, 5.74) is 0. The summed E-state index contributed by atoms with van der Waals surface area (Å²) in [6.07, 6.45) is 4.30. The Labute approximate surface area is 92.7 Å². The topological polar surface area (TPSA) is 29.0 Å². The van der Waals surface area contributed by atoms with E-state index in [2.05, 4.69) is 31.0 Å². The molecule has 0 spiro atoms. The van der Waals surface area contributed by atoms with Crippen LogP contribution in [-0.4, -0.2) is 28.6 Å². The van der Waals surface area contributed by atoms with Gasteiger partial charge < -0.3 is 4.90 Å². The Balaban J connectivity index is 2.04. The second-order valence-corrected chi connectivity index (χ2v) is 4.34. The molecule has 0 radical (unpaired) electrons. The van der Waals surface area contributed by atoms with Crippen molar-refractivity contribution in [2.75, 3.05) is 23.3 Å². The first-order valence-electron chi connectivity index (χ1n) is 4.99. The number of alkyl halides is 1. The van der Waals surface area contributed by atoms with Gasteiger partial charge in [-0.1, -0.05) is 15.9 Å². The van der Waals surface area contributed by atoms with E-state index < -0.39 is 0 Å². The second kappa shape index (κ2) is 4.73. The van der Waals surface area contributed by atoms with E-state index in [0.717, 1.165) is 30.2 Å². The third kappa shape index (κ3) is 2.23. The van der Waals surface area contributed by atoms with Gasteiger partial charge in [0.05, 0.1) is 0 Å². The van der Waals surface area contributed by atoms with E-state index in [9.17, 15) is 0 Å². The lowest BCUT2D eigenvalue weighted by Gasteiger charge is -2.32. The molecule has 1 saturated heterocycles. The molecule has 1 unspecified atom stereocenters. The average Bonchev–Trinajstić information content (AvgIpc) is 2.30. The maximum absolute atomic E-state index is 4.13. The van der Waals surface area contributed by atoms with Crippen molar-refractivity contribution in [3.8, 4) is 0 Å². The Morgan fingerprint density at radius 2 is 2.50 bits per heavy atom. The van der Waals surface area contributed by atoms with Crippen molar-refractivity contribution in [3.63, 3.8) is 0 Å². The highest BCUT2D eigenvalue weighted by molar-refractivity contribution is 9.09. The Kier molecular flexibility index (Phi) is 3.35. The molecule has 1 aliphatic heterocycles. The number of anilines is 1. The Morgan fingerprint density at radius 3 is 3.21 bits per heavy atom. The van der Waals surface area contributed by atoms with Crippen molar-refractivity contribution in [2.45, 2.75) is 12.8 Å². The number of hydrogen-bond donors (Lipinski definition) is 0. The minimum absolute atomic E-state index is 0.755. The fourth-order valence-corrected chi connectivity index (χ4v) is 2.39. The third-order valence-corrected chi connectivity index (χ3v) is 3.54. The summed E-state index contributed by atoms with van der Waals surface area (Å²) in [6, 6.07) is 3.98. The monoisotopic (exact) mass is 255 g/mol. The first-order chi connectivity index (χ1) is 6.90. The number of rotatable bonds is 2. The highest BCUT2D eigenvalue weighted by atomic mass is 79.9. The lowest BCUT2D eigenvalue weighted by Crippen LogP contribution is -2.36. The molecular weight excluding hydrogens is 242 g/mol. The molecule has 0 aliphatic carbocycles. The molecule has 14 heavy (non-hydrogen) atoms. The van der Waals surface area contributed by atoms with Gasteiger partial charge in [-0.15, -0.1) is 5.10 Å². The molecule has 4 heteroatoms. The van der Waals surface area contributed by atoms with Crippen LogP contribution in [0.4, 0.5) is 5.82 Å². The van der Waals surface area contributed by atoms with Gasteiger partial charge in [-0.25, -0.2) is 0 Å². The largest absolute Gasteiger partial charge is 0.355 e. The Morgan fingerprint density at radius 1 is 1.57 bits per heavy atom. The minimum atomic E-state index is 0.755. The zero-order valence-corrected chi connectivity index (χ0v) is 9.65. The molecular formula is C10H14BrN3. The lowest BCUT2D eigenvalue weighted by atomic mass is 10.0. The molecule has 1 aliphatic rings. The zero-order chi connectivity index (χ0) is 9.80. The summed E-state index contributed by atoms with van der Waals surface area (Å²) in [5.74, 6) is 1.77. The molecule has 0 aromatic carbocycles. The third-order valence-electron chi connectivity index (χ3n) is 2.62. The van der Waals surface area contributed by atoms with Crippen molar-refractivity contribution in [2.24, 2.45) is 5.92 Å². The van der Waals surface area contributed by atoms with Gasteiger partial charge in [-0.2, -0.15) is 5.10 Å². The number of aromatic nitrogens is 2. The smallest absolute Gasteiger partial charge is 0.151 e. The summed E-state index contributed by atoms with van der Waals surface area (Å²) in [4.78, 5) is 2.32. The van der Waals surface area contributed by atoms with Crippen LogP contribution in [0.3, 0.4) is 0 Å². The molecule has 1 aromatic rings. The highest BCUT2D eigenvalue weighted by Crippen LogP contribution is 2.21. The summed E-state index contributed by atoms with van der Waals surface area (Å²) in [6.45, 7) is 2.21. The van der Waals surface area contributed by atoms with Crippen LogP contribution in [0.2, 0.25) is 0 Å². The van der Waals surface area contributed by atoms with E-state index >= 15 is 0 Å². The van der Waals surface area contributed by atoms with Crippen molar-refractivity contribution < 1.29 is 0 Å². The molecule has 3 nitrogen and oxygen atoms in total. The van der Waals surface area contributed by atoms with E-state index in [0.29, 0.717) is 0 Å². The molecule has 2 rings (SSSR count). The first-order valence-corrected chi connectivity index (χ1v) is 6.11. The minimum Gasteiger partial charge on any atom is -0.355 e. The van der Waals surface area contributed by atoms with E-state index in [4.69, 9.17) is 0 Å². The molecule has 2 heterocycles. The van der Waals surface area contributed by atoms with Gasteiger partial charge in [0.1, 0.15) is 0 Å². The van der Waals surface area contributed by atoms with E-state index in [1.165, 1.54) is 12.8 Å². The van der Waals surface area contributed by atoms with Crippen LogP contribution >= 0.6 is 15.9 Å². The maximum atomic E-state index is 4.13. The zero-order valence-electron chi connectivity index (χ0n) is 8.06. The molecule has 1 atom stereocenters. The lowest BCUT2D eigenvalue weighted by molar-refractivity contribution is 0.452. The second-order valence-electron chi connectivity index (χ2n) is 3.69. The van der Waals surface area contributed by atoms with E-state index in [1.54, 1.807) is 6.20 Å². The quantitative estimate of drug-likeness (QED) is 0.759. The number of nitrogens with zero attached hydrogens (tertiary/aromatic N) is 3. The van der Waals surface area contributed by atoms with Gasteiger partial charge in [0.2, 0.25) is 0 Å². The summed E-state index contributed by atoms with van der Waals surface area (Å²) >= 11 is 3.55. The predicted octanol–water partition coefficient (Wildman–Crippen LogP) is 2.09. The average molecular weight is 256 g/mol. The molecule has 0 N–H and O–H groups in total. The SMILES string of the molecule is BrCC1CCCN(c2cccnn2)C1. The van der Waals surface area contributed by atoms with Gasteiger partial charge in [0, 0.05) is 24.6 Å². The molecule has 0 bridgehead atoms. The summed E-state index contributed by atoms with van der Waals surface area (Å²) in [5, 5.41) is 9.13. The molecule has 0 amide bonds. The Hall–Kier alpha value is -0.640. The van der Waals surface area contributed by atoms with E-state index in [-0.39, 0.29) is 0 Å². The predicted molar refractivity (Wildman–Crippen MR) is 60.8 cm³/mol. The van der Waals surface area contributed by atoms with Crippen LogP contribution in [0.15, 0.2) is 18.3 Å². The van der Waals surface area contributed by atoms with E-state index in [1.807, 2.05) is 12.1 Å². The van der Waals surface area contributed by atoms with Gasteiger partial charge in [0.15, 0.2) is 5.82 Å². The van der Waals surface area contributed by atoms with Crippen molar-refractivity contribution in [3.05, 3.63) is 18.3 Å². The van der Waals surface area contributed by atoms with Crippen LogP contribution in [0.1, 0.15) is 12.8 Å². The summed E-state index contributed by atoms with van der Waals surface area (Å²) < 4.78 is 0. The van der Waals surface area contributed by atoms with Crippen LogP contribution in [0.5, 0.6) is 0 Å². The van der Waals surface area contributed by atoms with Crippen molar-refractivity contribution in [1.82, 2.24) is 10.2 Å². The molecule has 76 valence electrons. The van der Waals surface area contributed by atoms with Gasteiger partial charge in [0.25, 0.3) is 0 Å².